The summed E-state index contributed by atoms with van der Waals surface area (Å²) in [7, 11) is 0. The lowest BCUT2D eigenvalue weighted by Gasteiger charge is -2.21. The van der Waals surface area contributed by atoms with Crippen LogP contribution in [0.4, 0.5) is 13.2 Å². The molecule has 0 N–H and O–H groups in total. The molecule has 0 aliphatic heterocycles. The van der Waals surface area contributed by atoms with Crippen LogP contribution < -0.4 is 0 Å². The highest BCUT2D eigenvalue weighted by atomic mass is 19.4. The standard InChI is InChI=1S/C9H14F3NO/c1-3-14-8(2,7-13)5-4-6-9(10,11)12/h3-6H2,1-2H3. The number of rotatable bonds is 5. The molecule has 0 spiro atoms. The van der Waals surface area contributed by atoms with Gasteiger partial charge in [-0.05, 0) is 26.7 Å². The Kier molecular flexibility index (Phi) is 4.92. The van der Waals surface area contributed by atoms with Gasteiger partial charge in [-0.25, -0.2) is 0 Å². The van der Waals surface area contributed by atoms with E-state index in [1.54, 1.807) is 6.92 Å². The summed E-state index contributed by atoms with van der Waals surface area (Å²) in [6.07, 6.45) is -4.98. The third-order valence-electron chi connectivity index (χ3n) is 1.81. The molecule has 0 amide bonds. The van der Waals surface area contributed by atoms with Crippen LogP contribution in [0, 0.1) is 11.3 Å². The number of nitriles is 1. The Morgan fingerprint density at radius 1 is 1.29 bits per heavy atom. The molecule has 0 heterocycles. The topological polar surface area (TPSA) is 33.0 Å². The van der Waals surface area contributed by atoms with Crippen LogP contribution in [-0.4, -0.2) is 18.4 Å². The van der Waals surface area contributed by atoms with Crippen LogP contribution in [0.5, 0.6) is 0 Å². The van der Waals surface area contributed by atoms with E-state index in [2.05, 4.69) is 0 Å². The molecular weight excluding hydrogens is 195 g/mol. The first-order chi connectivity index (χ1) is 6.33. The summed E-state index contributed by atoms with van der Waals surface area (Å²) in [4.78, 5) is 0. The molecule has 0 aromatic heterocycles. The van der Waals surface area contributed by atoms with Gasteiger partial charge in [-0.2, -0.15) is 18.4 Å². The van der Waals surface area contributed by atoms with Crippen molar-refractivity contribution in [2.75, 3.05) is 6.61 Å². The molecule has 0 bridgehead atoms. The van der Waals surface area contributed by atoms with Crippen molar-refractivity contribution in [3.8, 4) is 6.07 Å². The summed E-state index contributed by atoms with van der Waals surface area (Å²) >= 11 is 0. The monoisotopic (exact) mass is 209 g/mol. The Hall–Kier alpha value is -0.760. The minimum Gasteiger partial charge on any atom is -0.361 e. The number of halogens is 3. The second-order valence-electron chi connectivity index (χ2n) is 3.24. The largest absolute Gasteiger partial charge is 0.389 e. The Morgan fingerprint density at radius 2 is 1.86 bits per heavy atom. The lowest BCUT2D eigenvalue weighted by molar-refractivity contribution is -0.137. The molecule has 0 fully saturated rings. The molecule has 0 aromatic carbocycles. The van der Waals surface area contributed by atoms with E-state index in [1.165, 1.54) is 6.92 Å². The molecule has 0 rings (SSSR count). The molecule has 14 heavy (non-hydrogen) atoms. The van der Waals surface area contributed by atoms with Gasteiger partial charge in [0.15, 0.2) is 5.60 Å². The predicted molar refractivity (Wildman–Crippen MR) is 45.6 cm³/mol. The van der Waals surface area contributed by atoms with Crippen molar-refractivity contribution in [1.82, 2.24) is 0 Å². The first-order valence-electron chi connectivity index (χ1n) is 4.45. The third-order valence-corrected chi connectivity index (χ3v) is 1.81. The van der Waals surface area contributed by atoms with Gasteiger partial charge in [-0.3, -0.25) is 0 Å². The average molecular weight is 209 g/mol. The van der Waals surface area contributed by atoms with Crippen molar-refractivity contribution in [2.24, 2.45) is 0 Å². The van der Waals surface area contributed by atoms with Crippen molar-refractivity contribution in [1.29, 1.82) is 5.26 Å². The van der Waals surface area contributed by atoms with Gasteiger partial charge in [-0.15, -0.1) is 0 Å². The molecule has 5 heteroatoms. The van der Waals surface area contributed by atoms with Gasteiger partial charge in [0.2, 0.25) is 0 Å². The molecule has 2 nitrogen and oxygen atoms in total. The molecule has 0 saturated heterocycles. The maximum Gasteiger partial charge on any atom is 0.389 e. The highest BCUT2D eigenvalue weighted by Crippen LogP contribution is 2.26. The summed E-state index contributed by atoms with van der Waals surface area (Å²) in [6, 6.07) is 1.88. The quantitative estimate of drug-likeness (QED) is 0.697. The summed E-state index contributed by atoms with van der Waals surface area (Å²) in [6.45, 7) is 3.54. The Morgan fingerprint density at radius 3 is 2.21 bits per heavy atom. The van der Waals surface area contributed by atoms with E-state index in [0.29, 0.717) is 6.61 Å². The van der Waals surface area contributed by atoms with E-state index in [1.807, 2.05) is 6.07 Å². The van der Waals surface area contributed by atoms with Crippen LogP contribution in [0.15, 0.2) is 0 Å². The lowest BCUT2D eigenvalue weighted by atomic mass is 10.0. The van der Waals surface area contributed by atoms with Crippen molar-refractivity contribution in [3.05, 3.63) is 0 Å². The van der Waals surface area contributed by atoms with E-state index in [0.717, 1.165) is 0 Å². The molecule has 0 aliphatic carbocycles. The van der Waals surface area contributed by atoms with Gasteiger partial charge in [0.05, 0.1) is 6.07 Å². The van der Waals surface area contributed by atoms with Crippen LogP contribution in [0.1, 0.15) is 33.1 Å². The Balaban J connectivity index is 3.92. The minimum atomic E-state index is -4.15. The maximum absolute atomic E-state index is 11.8. The fourth-order valence-electron chi connectivity index (χ4n) is 1.11. The van der Waals surface area contributed by atoms with Gasteiger partial charge in [0.1, 0.15) is 0 Å². The predicted octanol–water partition coefficient (Wildman–Crippen LogP) is 3.04. The summed E-state index contributed by atoms with van der Waals surface area (Å²) in [5, 5.41) is 8.69. The van der Waals surface area contributed by atoms with Gasteiger partial charge < -0.3 is 4.74 Å². The second kappa shape index (κ2) is 5.20. The van der Waals surface area contributed by atoms with Crippen LogP contribution >= 0.6 is 0 Å². The number of hydrogen-bond acceptors (Lipinski definition) is 2. The van der Waals surface area contributed by atoms with E-state index < -0.39 is 18.2 Å². The molecule has 82 valence electrons. The normalized spacial score (nSPS) is 16.0. The fraction of sp³-hybridized carbons (Fsp3) is 0.889. The zero-order valence-corrected chi connectivity index (χ0v) is 8.32. The molecule has 0 radical (unpaired) electrons. The SMILES string of the molecule is CCOC(C)(C#N)CCCC(F)(F)F. The lowest BCUT2D eigenvalue weighted by Crippen LogP contribution is -2.27. The summed E-state index contributed by atoms with van der Waals surface area (Å²) in [5.41, 5.74) is -1.08. The highest BCUT2D eigenvalue weighted by Gasteiger charge is 2.30. The van der Waals surface area contributed by atoms with Crippen LogP contribution in [-0.2, 0) is 4.74 Å². The van der Waals surface area contributed by atoms with Gasteiger partial charge in [0, 0.05) is 13.0 Å². The van der Waals surface area contributed by atoms with E-state index in [4.69, 9.17) is 10.00 Å². The number of ether oxygens (including phenoxy) is 1. The van der Waals surface area contributed by atoms with Crippen LogP contribution in [0.25, 0.3) is 0 Å². The van der Waals surface area contributed by atoms with Crippen molar-refractivity contribution in [3.63, 3.8) is 0 Å². The van der Waals surface area contributed by atoms with Crippen molar-refractivity contribution >= 4 is 0 Å². The smallest absolute Gasteiger partial charge is 0.361 e. The zero-order valence-electron chi connectivity index (χ0n) is 8.32. The number of alkyl halides is 3. The average Bonchev–Trinajstić information content (AvgIpc) is 2.02. The molecule has 0 aromatic rings. The summed E-state index contributed by atoms with van der Waals surface area (Å²) < 4.78 is 40.5. The van der Waals surface area contributed by atoms with E-state index >= 15 is 0 Å². The first kappa shape index (κ1) is 13.2. The van der Waals surface area contributed by atoms with Gasteiger partial charge in [-0.1, -0.05) is 0 Å². The first-order valence-corrected chi connectivity index (χ1v) is 4.45. The van der Waals surface area contributed by atoms with Crippen LogP contribution in [0.2, 0.25) is 0 Å². The number of hydrogen-bond donors (Lipinski definition) is 0. The fourth-order valence-corrected chi connectivity index (χ4v) is 1.11. The number of nitrogens with zero attached hydrogens (tertiary/aromatic N) is 1. The van der Waals surface area contributed by atoms with Crippen molar-refractivity contribution in [2.45, 2.75) is 44.9 Å². The van der Waals surface area contributed by atoms with Crippen LogP contribution in [0.3, 0.4) is 0 Å². The molecule has 1 atom stereocenters. The Bertz CT molecular complexity index is 209. The second-order valence-corrected chi connectivity index (χ2v) is 3.24. The minimum absolute atomic E-state index is 0.0758. The summed E-state index contributed by atoms with van der Waals surface area (Å²) in [5.74, 6) is 0. The van der Waals surface area contributed by atoms with E-state index in [-0.39, 0.29) is 12.8 Å². The molecule has 1 unspecified atom stereocenters. The maximum atomic E-state index is 11.8. The zero-order chi connectivity index (χ0) is 11.2. The molecular formula is C9H14F3NO. The third kappa shape index (κ3) is 5.81. The molecule has 0 saturated carbocycles. The van der Waals surface area contributed by atoms with E-state index in [9.17, 15) is 13.2 Å². The molecule has 0 aliphatic rings. The highest BCUT2D eigenvalue weighted by molar-refractivity contribution is 4.97. The van der Waals surface area contributed by atoms with Gasteiger partial charge in [0.25, 0.3) is 0 Å². The van der Waals surface area contributed by atoms with Crippen molar-refractivity contribution < 1.29 is 17.9 Å². The Labute approximate surface area is 81.7 Å². The van der Waals surface area contributed by atoms with Gasteiger partial charge >= 0.3 is 6.18 Å².